The number of aliphatic hydroxyl groups excluding tert-OH is 1. The molecule has 0 spiro atoms. The van der Waals surface area contributed by atoms with E-state index in [2.05, 4.69) is 21.5 Å². The Kier molecular flexibility index (Phi) is 4.58. The third-order valence-electron chi connectivity index (χ3n) is 2.61. The molecule has 0 amide bonds. The molecule has 108 valence electrons. The van der Waals surface area contributed by atoms with Crippen molar-refractivity contribution in [3.63, 3.8) is 0 Å². The summed E-state index contributed by atoms with van der Waals surface area (Å²) in [6, 6.07) is 8.47. The van der Waals surface area contributed by atoms with E-state index in [4.69, 9.17) is 5.11 Å². The summed E-state index contributed by atoms with van der Waals surface area (Å²) in [6.07, 6.45) is 2.69. The molecule has 0 atom stereocenters. The summed E-state index contributed by atoms with van der Waals surface area (Å²) >= 11 is 0. The lowest BCUT2D eigenvalue weighted by atomic mass is 10.2. The number of nitrogens with one attached hydrogen (secondary N) is 1. The standard InChI is InChI=1S/C15H14N2O3S/c1-12-4-2-6-14(8-12)17-21(19,20)15-9-13(5-3-7-18)10-16-11-15/h2,4,6,8-11,17-18H,7H2,1H3. The minimum absolute atomic E-state index is 0.0220. The molecule has 1 aromatic heterocycles. The molecule has 0 aliphatic rings. The lowest BCUT2D eigenvalue weighted by molar-refractivity contribution is 0.350. The number of pyridine rings is 1. The van der Waals surface area contributed by atoms with Crippen molar-refractivity contribution in [2.45, 2.75) is 11.8 Å². The number of aromatic nitrogens is 1. The fourth-order valence-corrected chi connectivity index (χ4v) is 2.74. The molecule has 2 N–H and O–H groups in total. The number of anilines is 1. The molecule has 0 saturated heterocycles. The molecule has 1 aromatic carbocycles. The summed E-state index contributed by atoms with van der Waals surface area (Å²) in [5.74, 6) is 5.08. The SMILES string of the molecule is Cc1cccc(NS(=O)(=O)c2cncc(C#CCO)c2)c1. The minimum Gasteiger partial charge on any atom is -0.384 e. The van der Waals surface area contributed by atoms with Crippen LogP contribution in [0.25, 0.3) is 0 Å². The van der Waals surface area contributed by atoms with Gasteiger partial charge < -0.3 is 5.11 Å². The van der Waals surface area contributed by atoms with E-state index in [0.717, 1.165) is 5.56 Å². The third-order valence-corrected chi connectivity index (χ3v) is 3.95. The van der Waals surface area contributed by atoms with Crippen LogP contribution >= 0.6 is 0 Å². The smallest absolute Gasteiger partial charge is 0.263 e. The Morgan fingerprint density at radius 2 is 2.10 bits per heavy atom. The average Bonchev–Trinajstić information content (AvgIpc) is 2.45. The molecule has 21 heavy (non-hydrogen) atoms. The second kappa shape index (κ2) is 6.39. The van der Waals surface area contributed by atoms with E-state index in [1.807, 2.05) is 13.0 Å². The van der Waals surface area contributed by atoms with Crippen molar-refractivity contribution in [1.29, 1.82) is 0 Å². The van der Waals surface area contributed by atoms with E-state index < -0.39 is 10.0 Å². The lowest BCUT2D eigenvalue weighted by Crippen LogP contribution is -2.13. The number of benzene rings is 1. The number of sulfonamides is 1. The van der Waals surface area contributed by atoms with Gasteiger partial charge in [-0.3, -0.25) is 9.71 Å². The van der Waals surface area contributed by atoms with Crippen molar-refractivity contribution >= 4 is 15.7 Å². The summed E-state index contributed by atoms with van der Waals surface area (Å²) in [5, 5.41) is 8.65. The molecule has 0 unspecified atom stereocenters. The van der Waals surface area contributed by atoms with Gasteiger partial charge in [0.25, 0.3) is 10.0 Å². The van der Waals surface area contributed by atoms with Crippen LogP contribution < -0.4 is 4.72 Å². The largest absolute Gasteiger partial charge is 0.384 e. The first-order valence-electron chi connectivity index (χ1n) is 6.15. The number of nitrogens with zero attached hydrogens (tertiary/aromatic N) is 1. The normalized spacial score (nSPS) is 10.6. The Hall–Kier alpha value is -2.36. The van der Waals surface area contributed by atoms with Crippen LogP contribution in [0.2, 0.25) is 0 Å². The molecule has 0 fully saturated rings. The Balaban J connectivity index is 2.31. The molecular weight excluding hydrogens is 288 g/mol. The highest BCUT2D eigenvalue weighted by molar-refractivity contribution is 7.92. The molecule has 6 heteroatoms. The minimum atomic E-state index is -3.72. The van der Waals surface area contributed by atoms with Crippen molar-refractivity contribution in [2.75, 3.05) is 11.3 Å². The molecule has 2 aromatic rings. The van der Waals surface area contributed by atoms with E-state index in [1.54, 1.807) is 18.2 Å². The Morgan fingerprint density at radius 3 is 2.81 bits per heavy atom. The summed E-state index contributed by atoms with van der Waals surface area (Å²) < 4.78 is 27.1. The quantitative estimate of drug-likeness (QED) is 0.843. The van der Waals surface area contributed by atoms with Gasteiger partial charge in [0, 0.05) is 23.6 Å². The zero-order valence-electron chi connectivity index (χ0n) is 11.4. The van der Waals surface area contributed by atoms with Gasteiger partial charge in [-0.15, -0.1) is 0 Å². The second-order valence-corrected chi connectivity index (χ2v) is 6.03. The van der Waals surface area contributed by atoms with Crippen LogP contribution in [0.4, 0.5) is 5.69 Å². The van der Waals surface area contributed by atoms with Crippen LogP contribution in [0.15, 0.2) is 47.6 Å². The molecular formula is C15H14N2O3S. The molecule has 0 bridgehead atoms. The highest BCUT2D eigenvalue weighted by Crippen LogP contribution is 2.17. The first-order valence-corrected chi connectivity index (χ1v) is 7.64. The number of rotatable bonds is 3. The van der Waals surface area contributed by atoms with Gasteiger partial charge in [0.1, 0.15) is 11.5 Å². The van der Waals surface area contributed by atoms with Gasteiger partial charge in [-0.2, -0.15) is 0 Å². The molecule has 0 aliphatic heterocycles. The maximum Gasteiger partial charge on any atom is 0.263 e. The molecule has 0 radical (unpaired) electrons. The van der Waals surface area contributed by atoms with Crippen LogP contribution in [-0.2, 0) is 10.0 Å². The monoisotopic (exact) mass is 302 g/mol. The fraction of sp³-hybridized carbons (Fsp3) is 0.133. The van der Waals surface area contributed by atoms with E-state index >= 15 is 0 Å². The number of aryl methyl sites for hydroxylation is 1. The highest BCUT2D eigenvalue weighted by atomic mass is 32.2. The second-order valence-electron chi connectivity index (χ2n) is 4.34. The van der Waals surface area contributed by atoms with Crippen molar-refractivity contribution in [1.82, 2.24) is 4.98 Å². The van der Waals surface area contributed by atoms with Crippen LogP contribution in [0, 0.1) is 18.8 Å². The van der Waals surface area contributed by atoms with Crippen molar-refractivity contribution in [2.24, 2.45) is 0 Å². The van der Waals surface area contributed by atoms with Gasteiger partial charge in [0.15, 0.2) is 0 Å². The van der Waals surface area contributed by atoms with E-state index in [-0.39, 0.29) is 11.5 Å². The van der Waals surface area contributed by atoms with Gasteiger partial charge in [-0.1, -0.05) is 24.0 Å². The lowest BCUT2D eigenvalue weighted by Gasteiger charge is -2.08. The molecule has 0 saturated carbocycles. The predicted molar refractivity (Wildman–Crippen MR) is 80.2 cm³/mol. The number of hydrogen-bond donors (Lipinski definition) is 2. The van der Waals surface area contributed by atoms with E-state index in [9.17, 15) is 8.42 Å². The van der Waals surface area contributed by atoms with Crippen LogP contribution in [0.5, 0.6) is 0 Å². The Labute approximate surface area is 123 Å². The Bertz CT molecular complexity index is 805. The van der Waals surface area contributed by atoms with Gasteiger partial charge in [-0.25, -0.2) is 8.42 Å². The summed E-state index contributed by atoms with van der Waals surface area (Å²) in [6.45, 7) is 1.59. The number of aliphatic hydroxyl groups is 1. The Morgan fingerprint density at radius 1 is 1.29 bits per heavy atom. The van der Waals surface area contributed by atoms with Gasteiger partial charge >= 0.3 is 0 Å². The maximum absolute atomic E-state index is 12.3. The molecule has 2 rings (SSSR count). The molecule has 5 nitrogen and oxygen atoms in total. The van der Waals surface area contributed by atoms with Crippen molar-refractivity contribution in [3.05, 3.63) is 53.9 Å². The van der Waals surface area contributed by atoms with Crippen LogP contribution in [0.1, 0.15) is 11.1 Å². The first kappa shape index (κ1) is 15.0. The summed E-state index contributed by atoms with van der Waals surface area (Å²) in [4.78, 5) is 3.88. The predicted octanol–water partition coefficient (Wildman–Crippen LogP) is 1.53. The third kappa shape index (κ3) is 4.05. The van der Waals surface area contributed by atoms with Crippen LogP contribution in [-0.4, -0.2) is 25.1 Å². The maximum atomic E-state index is 12.3. The van der Waals surface area contributed by atoms with E-state index in [0.29, 0.717) is 11.3 Å². The first-order chi connectivity index (χ1) is 10.0. The van der Waals surface area contributed by atoms with Crippen molar-refractivity contribution in [3.8, 4) is 11.8 Å². The van der Waals surface area contributed by atoms with Gasteiger partial charge in [0.05, 0.1) is 0 Å². The molecule has 0 aliphatic carbocycles. The van der Waals surface area contributed by atoms with Gasteiger partial charge in [-0.05, 0) is 30.7 Å². The zero-order valence-corrected chi connectivity index (χ0v) is 12.2. The summed E-state index contributed by atoms with van der Waals surface area (Å²) in [5.41, 5.74) is 1.87. The zero-order chi connectivity index (χ0) is 15.3. The van der Waals surface area contributed by atoms with Crippen LogP contribution in [0.3, 0.4) is 0 Å². The van der Waals surface area contributed by atoms with Gasteiger partial charge in [0.2, 0.25) is 0 Å². The molecule has 1 heterocycles. The summed E-state index contributed by atoms with van der Waals surface area (Å²) in [7, 11) is -3.72. The van der Waals surface area contributed by atoms with Crippen molar-refractivity contribution < 1.29 is 13.5 Å². The topological polar surface area (TPSA) is 79.3 Å². The number of hydrogen-bond acceptors (Lipinski definition) is 4. The average molecular weight is 302 g/mol. The fourth-order valence-electron chi connectivity index (χ4n) is 1.70. The van der Waals surface area contributed by atoms with E-state index in [1.165, 1.54) is 18.5 Å². The highest BCUT2D eigenvalue weighted by Gasteiger charge is 2.15.